The summed E-state index contributed by atoms with van der Waals surface area (Å²) in [5, 5.41) is 14.1. The summed E-state index contributed by atoms with van der Waals surface area (Å²) in [6.45, 7) is 0.201. The fourth-order valence-electron chi connectivity index (χ4n) is 1.59. The van der Waals surface area contributed by atoms with Gasteiger partial charge in [0.1, 0.15) is 6.33 Å². The lowest BCUT2D eigenvalue weighted by Gasteiger charge is -2.12. The third kappa shape index (κ3) is 3.18. The molecule has 7 heteroatoms. The van der Waals surface area contributed by atoms with Crippen LogP contribution in [0.3, 0.4) is 0 Å². The number of hydrogen-bond acceptors (Lipinski definition) is 5. The standard InChI is InChI=1S/C12H12BrN3O3/c1-19-12(18)11-14-7-16(15-11)6-10(17)8-4-2-3-5-9(8)13/h2-5,7,10,17H,6H2,1H3. The molecular weight excluding hydrogens is 314 g/mol. The van der Waals surface area contributed by atoms with Gasteiger partial charge in [-0.3, -0.25) is 0 Å². The lowest BCUT2D eigenvalue weighted by atomic mass is 10.1. The van der Waals surface area contributed by atoms with Crippen molar-refractivity contribution in [3.8, 4) is 0 Å². The molecule has 100 valence electrons. The Bertz CT molecular complexity index is 585. The number of aliphatic hydroxyl groups is 1. The maximum Gasteiger partial charge on any atom is 0.377 e. The molecule has 0 bridgehead atoms. The van der Waals surface area contributed by atoms with Crippen molar-refractivity contribution in [1.29, 1.82) is 0 Å². The molecule has 2 aromatic rings. The van der Waals surface area contributed by atoms with Crippen LogP contribution in [0.1, 0.15) is 22.3 Å². The zero-order chi connectivity index (χ0) is 13.8. The van der Waals surface area contributed by atoms with Crippen molar-refractivity contribution in [1.82, 2.24) is 14.8 Å². The summed E-state index contributed by atoms with van der Waals surface area (Å²) in [5.74, 6) is -0.629. The van der Waals surface area contributed by atoms with E-state index in [9.17, 15) is 9.90 Å². The number of aliphatic hydroxyl groups excluding tert-OH is 1. The number of benzene rings is 1. The number of halogens is 1. The van der Waals surface area contributed by atoms with E-state index in [-0.39, 0.29) is 12.4 Å². The van der Waals surface area contributed by atoms with Crippen molar-refractivity contribution in [3.05, 3.63) is 46.5 Å². The molecule has 1 aromatic heterocycles. The third-order valence-electron chi connectivity index (χ3n) is 2.53. The second-order valence-corrected chi connectivity index (χ2v) is 4.67. The Labute approximate surface area is 118 Å². The molecule has 0 aliphatic carbocycles. The minimum Gasteiger partial charge on any atom is -0.463 e. The summed E-state index contributed by atoms with van der Waals surface area (Å²) in [7, 11) is 1.26. The summed E-state index contributed by atoms with van der Waals surface area (Å²) in [6.07, 6.45) is 0.634. The fourth-order valence-corrected chi connectivity index (χ4v) is 2.14. The summed E-state index contributed by atoms with van der Waals surface area (Å²) in [5.41, 5.74) is 0.748. The average molecular weight is 326 g/mol. The highest BCUT2D eigenvalue weighted by molar-refractivity contribution is 9.10. The van der Waals surface area contributed by atoms with Gasteiger partial charge in [0.25, 0.3) is 5.82 Å². The van der Waals surface area contributed by atoms with Crippen LogP contribution in [0.15, 0.2) is 35.1 Å². The summed E-state index contributed by atoms with van der Waals surface area (Å²) < 4.78 is 6.73. The molecule has 1 N–H and O–H groups in total. The highest BCUT2D eigenvalue weighted by atomic mass is 79.9. The number of rotatable bonds is 4. The summed E-state index contributed by atoms with van der Waals surface area (Å²) >= 11 is 3.37. The average Bonchev–Trinajstić information content (AvgIpc) is 2.86. The van der Waals surface area contributed by atoms with Crippen LogP contribution < -0.4 is 0 Å². The van der Waals surface area contributed by atoms with E-state index in [4.69, 9.17) is 0 Å². The van der Waals surface area contributed by atoms with Gasteiger partial charge in [-0.05, 0) is 11.6 Å². The fraction of sp³-hybridized carbons (Fsp3) is 0.250. The molecule has 1 aromatic carbocycles. The van der Waals surface area contributed by atoms with Crippen LogP contribution in [-0.2, 0) is 11.3 Å². The first kappa shape index (κ1) is 13.7. The first-order valence-corrected chi connectivity index (χ1v) is 6.31. The van der Waals surface area contributed by atoms with Crippen molar-refractivity contribution < 1.29 is 14.6 Å². The van der Waals surface area contributed by atoms with Crippen molar-refractivity contribution in [3.63, 3.8) is 0 Å². The van der Waals surface area contributed by atoms with Gasteiger partial charge in [-0.25, -0.2) is 14.5 Å². The molecule has 0 saturated carbocycles. The van der Waals surface area contributed by atoms with Crippen LogP contribution in [-0.4, -0.2) is 33.0 Å². The van der Waals surface area contributed by atoms with E-state index in [1.165, 1.54) is 18.1 Å². The highest BCUT2D eigenvalue weighted by Gasteiger charge is 2.15. The van der Waals surface area contributed by atoms with Crippen molar-refractivity contribution in [2.24, 2.45) is 0 Å². The van der Waals surface area contributed by atoms with E-state index in [0.29, 0.717) is 0 Å². The normalized spacial score (nSPS) is 12.2. The summed E-state index contributed by atoms with van der Waals surface area (Å²) in [4.78, 5) is 15.0. The third-order valence-corrected chi connectivity index (χ3v) is 3.25. The Hall–Kier alpha value is -1.73. The van der Waals surface area contributed by atoms with Crippen LogP contribution in [0.5, 0.6) is 0 Å². The van der Waals surface area contributed by atoms with Crippen molar-refractivity contribution in [2.75, 3.05) is 7.11 Å². The van der Waals surface area contributed by atoms with Crippen LogP contribution in [0, 0.1) is 0 Å². The Balaban J connectivity index is 2.11. The molecular formula is C12H12BrN3O3. The molecule has 0 radical (unpaired) electrons. The van der Waals surface area contributed by atoms with Crippen molar-refractivity contribution in [2.45, 2.75) is 12.6 Å². The Morgan fingerprint density at radius 1 is 1.53 bits per heavy atom. The largest absolute Gasteiger partial charge is 0.463 e. The van der Waals surface area contributed by atoms with Gasteiger partial charge in [-0.2, -0.15) is 0 Å². The number of methoxy groups -OCH3 is 1. The van der Waals surface area contributed by atoms with Gasteiger partial charge in [0.15, 0.2) is 0 Å². The van der Waals surface area contributed by atoms with Gasteiger partial charge in [-0.1, -0.05) is 34.1 Å². The van der Waals surface area contributed by atoms with E-state index in [2.05, 4.69) is 30.7 Å². The van der Waals surface area contributed by atoms with Gasteiger partial charge in [0.2, 0.25) is 0 Å². The lowest BCUT2D eigenvalue weighted by molar-refractivity contribution is 0.0585. The van der Waals surface area contributed by atoms with Gasteiger partial charge >= 0.3 is 5.97 Å². The van der Waals surface area contributed by atoms with E-state index in [1.54, 1.807) is 0 Å². The molecule has 6 nitrogen and oxygen atoms in total. The van der Waals surface area contributed by atoms with Crippen LogP contribution in [0.2, 0.25) is 0 Å². The van der Waals surface area contributed by atoms with E-state index in [0.717, 1.165) is 10.0 Å². The number of ether oxygens (including phenoxy) is 1. The molecule has 0 aliphatic heterocycles. The van der Waals surface area contributed by atoms with Gasteiger partial charge in [0, 0.05) is 4.47 Å². The summed E-state index contributed by atoms with van der Waals surface area (Å²) in [6, 6.07) is 7.36. The maximum absolute atomic E-state index is 11.2. The number of esters is 1. The zero-order valence-corrected chi connectivity index (χ0v) is 11.7. The minimum atomic E-state index is -0.747. The van der Waals surface area contributed by atoms with Crippen molar-refractivity contribution >= 4 is 21.9 Å². The molecule has 1 atom stereocenters. The number of carbonyl (C=O) groups is 1. The first-order valence-electron chi connectivity index (χ1n) is 5.52. The van der Waals surface area contributed by atoms with Crippen LogP contribution in [0.25, 0.3) is 0 Å². The monoisotopic (exact) mass is 325 g/mol. The molecule has 0 amide bonds. The number of hydrogen-bond donors (Lipinski definition) is 1. The quantitative estimate of drug-likeness (QED) is 0.863. The Kier molecular flexibility index (Phi) is 4.28. The van der Waals surface area contributed by atoms with Gasteiger partial charge in [0.05, 0.1) is 19.8 Å². The van der Waals surface area contributed by atoms with E-state index < -0.39 is 12.1 Å². The number of carbonyl (C=O) groups excluding carboxylic acids is 1. The van der Waals surface area contributed by atoms with Crippen LogP contribution >= 0.6 is 15.9 Å². The smallest absolute Gasteiger partial charge is 0.377 e. The number of nitrogens with zero attached hydrogens (tertiary/aromatic N) is 3. The zero-order valence-electron chi connectivity index (χ0n) is 10.2. The molecule has 0 saturated heterocycles. The molecule has 0 spiro atoms. The molecule has 1 unspecified atom stereocenters. The molecule has 0 aliphatic rings. The highest BCUT2D eigenvalue weighted by Crippen LogP contribution is 2.23. The Morgan fingerprint density at radius 2 is 2.26 bits per heavy atom. The Morgan fingerprint density at radius 3 is 2.95 bits per heavy atom. The maximum atomic E-state index is 11.2. The topological polar surface area (TPSA) is 77.2 Å². The molecule has 0 fully saturated rings. The van der Waals surface area contributed by atoms with E-state index in [1.807, 2.05) is 24.3 Å². The SMILES string of the molecule is COC(=O)c1ncn(CC(O)c2ccccc2Br)n1. The first-order chi connectivity index (χ1) is 9.11. The minimum absolute atomic E-state index is 0.0261. The van der Waals surface area contributed by atoms with Crippen LogP contribution in [0.4, 0.5) is 0 Å². The molecule has 1 heterocycles. The number of aromatic nitrogens is 3. The van der Waals surface area contributed by atoms with Gasteiger partial charge < -0.3 is 9.84 Å². The molecule has 2 rings (SSSR count). The molecule has 19 heavy (non-hydrogen) atoms. The lowest BCUT2D eigenvalue weighted by Crippen LogP contribution is -2.11. The predicted molar refractivity (Wildman–Crippen MR) is 70.5 cm³/mol. The predicted octanol–water partition coefficient (Wildman–Crippen LogP) is 1.56. The second kappa shape index (κ2) is 5.94. The van der Waals surface area contributed by atoms with Gasteiger partial charge in [-0.15, -0.1) is 5.10 Å². The van der Waals surface area contributed by atoms with E-state index >= 15 is 0 Å². The second-order valence-electron chi connectivity index (χ2n) is 3.82.